The molecule has 36 heavy (non-hydrogen) atoms. The maximum atomic E-state index is 12.8. The molecular formula is C31H31NO4. The van der Waals surface area contributed by atoms with Crippen molar-refractivity contribution in [1.29, 1.82) is 0 Å². The minimum Gasteiger partial charge on any atom is -0.497 e. The van der Waals surface area contributed by atoms with Crippen molar-refractivity contribution >= 4 is 5.91 Å². The first kappa shape index (κ1) is 24.9. The number of benzene rings is 4. The molecule has 0 unspecified atom stereocenters. The molecule has 1 amide bonds. The van der Waals surface area contributed by atoms with E-state index in [1.807, 2.05) is 85.8 Å². The molecule has 5 nitrogen and oxygen atoms in total. The predicted molar refractivity (Wildman–Crippen MR) is 143 cm³/mol. The second-order valence-corrected chi connectivity index (χ2v) is 8.29. The molecule has 0 aliphatic heterocycles. The molecule has 4 aromatic carbocycles. The van der Waals surface area contributed by atoms with Gasteiger partial charge in [0.15, 0.2) is 0 Å². The third kappa shape index (κ3) is 6.66. The van der Waals surface area contributed by atoms with Crippen LogP contribution in [0.15, 0.2) is 97.1 Å². The molecule has 0 bridgehead atoms. The normalized spacial score (nSPS) is 10.5. The number of ether oxygens (including phenoxy) is 3. The van der Waals surface area contributed by atoms with Crippen molar-refractivity contribution in [3.05, 3.63) is 114 Å². The molecule has 5 heteroatoms. The molecule has 1 N–H and O–H groups in total. The highest BCUT2D eigenvalue weighted by Gasteiger charge is 2.12. The number of hydrogen-bond donors (Lipinski definition) is 1. The Bertz CT molecular complexity index is 1250. The van der Waals surface area contributed by atoms with Crippen LogP contribution in [0.3, 0.4) is 0 Å². The Balaban J connectivity index is 1.37. The number of carbonyl (C=O) groups excluding carboxylic acids is 1. The fraction of sp³-hybridized carbons (Fsp3) is 0.194. The minimum absolute atomic E-state index is 0.125. The van der Waals surface area contributed by atoms with Crippen LogP contribution in [0.4, 0.5) is 0 Å². The number of hydrogen-bond acceptors (Lipinski definition) is 4. The molecule has 0 aliphatic rings. The average Bonchev–Trinajstić information content (AvgIpc) is 2.93. The van der Waals surface area contributed by atoms with Gasteiger partial charge in [-0.2, -0.15) is 0 Å². The summed E-state index contributed by atoms with van der Waals surface area (Å²) < 4.78 is 17.0. The molecular weight excluding hydrogens is 450 g/mol. The second-order valence-electron chi connectivity index (χ2n) is 8.29. The summed E-state index contributed by atoms with van der Waals surface area (Å²) >= 11 is 0. The van der Waals surface area contributed by atoms with Crippen LogP contribution in [0.25, 0.3) is 11.1 Å². The smallest absolute Gasteiger partial charge is 0.251 e. The predicted octanol–water partition coefficient (Wildman–Crippen LogP) is 6.31. The van der Waals surface area contributed by atoms with Gasteiger partial charge in [-0.3, -0.25) is 4.79 Å². The molecule has 0 radical (unpaired) electrons. The zero-order chi connectivity index (χ0) is 25.2. The highest BCUT2D eigenvalue weighted by molar-refractivity contribution is 5.94. The highest BCUT2D eigenvalue weighted by Crippen LogP contribution is 2.25. The minimum atomic E-state index is -0.125. The number of amides is 1. The largest absolute Gasteiger partial charge is 0.497 e. The first-order valence-corrected chi connectivity index (χ1v) is 12.1. The summed E-state index contributed by atoms with van der Waals surface area (Å²) in [4.78, 5) is 12.8. The average molecular weight is 482 g/mol. The molecule has 184 valence electrons. The Hall–Kier alpha value is -4.25. The molecule has 0 aliphatic carbocycles. The lowest BCUT2D eigenvalue weighted by molar-refractivity contribution is 0.0954. The van der Waals surface area contributed by atoms with Crippen LogP contribution in [-0.2, 0) is 13.0 Å². The number of nitrogens with one attached hydrogen (secondary N) is 1. The zero-order valence-corrected chi connectivity index (χ0v) is 20.7. The van der Waals surface area contributed by atoms with E-state index in [9.17, 15) is 4.79 Å². The topological polar surface area (TPSA) is 56.8 Å². The summed E-state index contributed by atoms with van der Waals surface area (Å²) in [6, 6.07) is 31.5. The van der Waals surface area contributed by atoms with Gasteiger partial charge in [-0.25, -0.2) is 0 Å². The fourth-order valence-electron chi connectivity index (χ4n) is 3.88. The van der Waals surface area contributed by atoms with Crippen LogP contribution in [0, 0.1) is 0 Å². The van der Waals surface area contributed by atoms with E-state index in [0.717, 1.165) is 40.2 Å². The standard InChI is InChI=1S/C31H31NO4/c1-3-35-30-18-13-26(31(33)32-20-19-23-9-14-28(34-2)15-10-23)21-27(30)22-36-29-16-11-25(12-17-29)24-7-5-4-6-8-24/h4-18,21H,3,19-20,22H2,1-2H3,(H,32,33). The Morgan fingerprint density at radius 3 is 2.17 bits per heavy atom. The van der Waals surface area contributed by atoms with Crippen LogP contribution in [0.2, 0.25) is 0 Å². The van der Waals surface area contributed by atoms with E-state index < -0.39 is 0 Å². The van der Waals surface area contributed by atoms with E-state index in [1.165, 1.54) is 0 Å². The Kier molecular flexibility index (Phi) is 8.60. The summed E-state index contributed by atoms with van der Waals surface area (Å²) in [6.45, 7) is 3.31. The Labute approximate surface area is 212 Å². The number of methoxy groups -OCH3 is 1. The van der Waals surface area contributed by atoms with E-state index in [2.05, 4.69) is 17.4 Å². The molecule has 4 aromatic rings. The molecule has 0 heterocycles. The Morgan fingerprint density at radius 2 is 1.47 bits per heavy atom. The molecule has 0 fully saturated rings. The lowest BCUT2D eigenvalue weighted by Gasteiger charge is -2.14. The van der Waals surface area contributed by atoms with Crippen LogP contribution in [0.5, 0.6) is 17.2 Å². The zero-order valence-electron chi connectivity index (χ0n) is 20.7. The molecule has 0 atom stereocenters. The molecule has 0 saturated carbocycles. The van der Waals surface area contributed by atoms with Crippen molar-refractivity contribution in [3.63, 3.8) is 0 Å². The second kappa shape index (κ2) is 12.5. The fourth-order valence-corrected chi connectivity index (χ4v) is 3.88. The number of carbonyl (C=O) groups is 1. The van der Waals surface area contributed by atoms with Gasteiger partial charge >= 0.3 is 0 Å². The highest BCUT2D eigenvalue weighted by atomic mass is 16.5. The summed E-state index contributed by atoms with van der Waals surface area (Å²) in [5, 5.41) is 3.00. The van der Waals surface area contributed by atoms with Gasteiger partial charge in [0.05, 0.1) is 13.7 Å². The van der Waals surface area contributed by atoms with E-state index >= 15 is 0 Å². The van der Waals surface area contributed by atoms with Crippen molar-refractivity contribution in [1.82, 2.24) is 5.32 Å². The van der Waals surface area contributed by atoms with E-state index in [-0.39, 0.29) is 5.91 Å². The maximum Gasteiger partial charge on any atom is 0.251 e. The van der Waals surface area contributed by atoms with Crippen molar-refractivity contribution in [2.24, 2.45) is 0 Å². The van der Waals surface area contributed by atoms with E-state index in [4.69, 9.17) is 14.2 Å². The molecule has 0 saturated heterocycles. The first-order valence-electron chi connectivity index (χ1n) is 12.1. The third-order valence-corrected chi connectivity index (χ3v) is 5.84. The van der Waals surface area contributed by atoms with Crippen LogP contribution < -0.4 is 19.5 Å². The molecule has 4 rings (SSSR count). The van der Waals surface area contributed by atoms with Gasteiger partial charge in [-0.05, 0) is 72.5 Å². The van der Waals surface area contributed by atoms with Crippen molar-refractivity contribution in [2.75, 3.05) is 20.3 Å². The van der Waals surface area contributed by atoms with E-state index in [1.54, 1.807) is 13.2 Å². The number of rotatable bonds is 11. The van der Waals surface area contributed by atoms with Gasteiger partial charge in [0, 0.05) is 17.7 Å². The third-order valence-electron chi connectivity index (χ3n) is 5.84. The van der Waals surface area contributed by atoms with Crippen LogP contribution >= 0.6 is 0 Å². The Morgan fingerprint density at radius 1 is 0.778 bits per heavy atom. The first-order chi connectivity index (χ1) is 17.7. The van der Waals surface area contributed by atoms with Crippen molar-refractivity contribution < 1.29 is 19.0 Å². The summed E-state index contributed by atoms with van der Waals surface area (Å²) in [6.07, 6.45) is 0.738. The summed E-state index contributed by atoms with van der Waals surface area (Å²) in [5.74, 6) is 2.17. The SMILES string of the molecule is CCOc1ccc(C(=O)NCCc2ccc(OC)cc2)cc1COc1ccc(-c2ccccc2)cc1. The van der Waals surface area contributed by atoms with Gasteiger partial charge < -0.3 is 19.5 Å². The molecule has 0 spiro atoms. The van der Waals surface area contributed by atoms with Crippen LogP contribution in [0.1, 0.15) is 28.4 Å². The van der Waals surface area contributed by atoms with Crippen LogP contribution in [-0.4, -0.2) is 26.2 Å². The summed E-state index contributed by atoms with van der Waals surface area (Å²) in [7, 11) is 1.65. The monoisotopic (exact) mass is 481 g/mol. The lowest BCUT2D eigenvalue weighted by atomic mass is 10.1. The van der Waals surface area contributed by atoms with Gasteiger partial charge in [-0.15, -0.1) is 0 Å². The van der Waals surface area contributed by atoms with Gasteiger partial charge in [-0.1, -0.05) is 54.6 Å². The van der Waals surface area contributed by atoms with Gasteiger partial charge in [0.25, 0.3) is 5.91 Å². The molecule has 0 aromatic heterocycles. The lowest BCUT2D eigenvalue weighted by Crippen LogP contribution is -2.25. The van der Waals surface area contributed by atoms with E-state index in [0.29, 0.717) is 31.1 Å². The van der Waals surface area contributed by atoms with Gasteiger partial charge in [0.2, 0.25) is 0 Å². The summed E-state index contributed by atoms with van der Waals surface area (Å²) in [5.41, 5.74) is 4.83. The maximum absolute atomic E-state index is 12.8. The van der Waals surface area contributed by atoms with Gasteiger partial charge in [0.1, 0.15) is 23.9 Å². The van der Waals surface area contributed by atoms with Crippen molar-refractivity contribution in [2.45, 2.75) is 20.0 Å². The quantitative estimate of drug-likeness (QED) is 0.273. The van der Waals surface area contributed by atoms with Crippen molar-refractivity contribution in [3.8, 4) is 28.4 Å².